The zero-order valence-electron chi connectivity index (χ0n) is 20.9. The zero-order chi connectivity index (χ0) is 28.1. The van der Waals surface area contributed by atoms with Gasteiger partial charge in [0.05, 0.1) is 41.3 Å². The monoisotopic (exact) mass is 552 g/mol. The smallest absolute Gasteiger partial charge is 0.229 e. The minimum Gasteiger partial charge on any atom is -0.433 e. The lowest BCUT2D eigenvalue weighted by atomic mass is 10.1. The summed E-state index contributed by atoms with van der Waals surface area (Å²) < 4.78 is 60.3. The van der Waals surface area contributed by atoms with Crippen LogP contribution in [0.1, 0.15) is 27.2 Å². The van der Waals surface area contributed by atoms with Gasteiger partial charge in [-0.25, -0.2) is 26.9 Å². The Labute approximate surface area is 221 Å². The summed E-state index contributed by atoms with van der Waals surface area (Å²) in [7, 11) is -3.48. The summed E-state index contributed by atoms with van der Waals surface area (Å²) >= 11 is 0. The van der Waals surface area contributed by atoms with Crippen molar-refractivity contribution in [1.82, 2.24) is 19.7 Å². The Hall–Kier alpha value is -4.78. The number of aromatic nitrogens is 4. The van der Waals surface area contributed by atoms with Gasteiger partial charge in [-0.1, -0.05) is 6.07 Å². The number of pyridine rings is 1. The second kappa shape index (κ2) is 9.51. The molecule has 39 heavy (non-hydrogen) atoms. The highest BCUT2D eigenvalue weighted by atomic mass is 32.2. The van der Waals surface area contributed by atoms with Gasteiger partial charge in [-0.05, 0) is 55.3 Å². The second-order valence-corrected chi connectivity index (χ2v) is 10.7. The first-order valence-electron chi connectivity index (χ1n) is 11.5. The highest BCUT2D eigenvalue weighted by molar-refractivity contribution is 7.92. The van der Waals surface area contributed by atoms with E-state index in [-0.39, 0.29) is 23.0 Å². The number of anilines is 2. The summed E-state index contributed by atoms with van der Waals surface area (Å²) in [4.78, 5) is 20.4. The molecule has 0 aliphatic carbocycles. The average molecular weight is 553 g/mol. The lowest BCUT2D eigenvalue weighted by molar-refractivity contribution is 0.103. The molecule has 4 N–H and O–H groups in total. The van der Waals surface area contributed by atoms with E-state index in [0.29, 0.717) is 33.4 Å². The van der Waals surface area contributed by atoms with Crippen LogP contribution in [0.25, 0.3) is 16.6 Å². The number of hydrogen-bond acceptors (Lipinski definition) is 7. The van der Waals surface area contributed by atoms with Crippen molar-refractivity contribution in [3.8, 4) is 17.3 Å². The molecule has 0 spiro atoms. The van der Waals surface area contributed by atoms with E-state index in [9.17, 15) is 22.0 Å². The van der Waals surface area contributed by atoms with Crippen molar-refractivity contribution >= 4 is 38.2 Å². The molecule has 13 heteroatoms. The number of aromatic amines is 1. The number of halogens is 2. The van der Waals surface area contributed by atoms with E-state index in [1.807, 2.05) is 0 Å². The van der Waals surface area contributed by atoms with Crippen LogP contribution < -0.4 is 15.2 Å². The summed E-state index contributed by atoms with van der Waals surface area (Å²) in [5.74, 6) is -2.73. The van der Waals surface area contributed by atoms with E-state index in [1.54, 1.807) is 32.0 Å². The number of H-pyrrole nitrogens is 1. The predicted molar refractivity (Wildman–Crippen MR) is 142 cm³/mol. The number of carbonyl (C=O) groups excluding carboxylic acids is 1. The molecule has 2 aromatic carbocycles. The molecule has 200 valence electrons. The fourth-order valence-electron chi connectivity index (χ4n) is 4.08. The Balaban J connectivity index is 1.43. The van der Waals surface area contributed by atoms with E-state index in [0.717, 1.165) is 18.4 Å². The molecular weight excluding hydrogens is 530 g/mol. The van der Waals surface area contributed by atoms with Crippen LogP contribution >= 0.6 is 0 Å². The number of nitrogens with two attached hydrogens (primary N) is 1. The molecule has 0 saturated heterocycles. The van der Waals surface area contributed by atoms with E-state index in [1.165, 1.54) is 29.2 Å². The zero-order valence-corrected chi connectivity index (χ0v) is 21.7. The quantitative estimate of drug-likeness (QED) is 0.250. The summed E-state index contributed by atoms with van der Waals surface area (Å²) in [5.41, 5.74) is 9.28. The maximum Gasteiger partial charge on any atom is 0.229 e. The molecule has 3 heterocycles. The number of fused-ring (bicyclic) bond motifs is 1. The second-order valence-electron chi connectivity index (χ2n) is 8.96. The average Bonchev–Trinajstić information content (AvgIpc) is 3.44. The lowest BCUT2D eigenvalue weighted by Gasteiger charge is -2.11. The first-order valence-corrected chi connectivity index (χ1v) is 13.4. The van der Waals surface area contributed by atoms with Crippen LogP contribution in [0, 0.1) is 25.5 Å². The number of hydrogen-bond donors (Lipinski definition) is 3. The minimum absolute atomic E-state index is 0.0413. The van der Waals surface area contributed by atoms with Gasteiger partial charge in [-0.3, -0.25) is 9.52 Å². The maximum atomic E-state index is 13.9. The molecule has 0 radical (unpaired) electrons. The van der Waals surface area contributed by atoms with Crippen molar-refractivity contribution in [2.24, 2.45) is 0 Å². The molecule has 0 amide bonds. The summed E-state index contributed by atoms with van der Waals surface area (Å²) in [6, 6.07) is 9.85. The number of nitrogen functional groups attached to an aromatic ring is 1. The van der Waals surface area contributed by atoms with E-state index in [4.69, 9.17) is 10.5 Å². The van der Waals surface area contributed by atoms with Gasteiger partial charge in [-0.15, -0.1) is 0 Å². The van der Waals surface area contributed by atoms with E-state index >= 15 is 0 Å². The molecule has 10 nitrogen and oxygen atoms in total. The van der Waals surface area contributed by atoms with Crippen LogP contribution in [-0.2, 0) is 10.0 Å². The number of rotatable bonds is 7. The van der Waals surface area contributed by atoms with E-state index in [2.05, 4.69) is 19.8 Å². The third-order valence-corrected chi connectivity index (χ3v) is 6.56. The first-order chi connectivity index (χ1) is 18.4. The number of nitrogens with one attached hydrogen (secondary N) is 2. The molecule has 0 aliphatic rings. The standard InChI is InChI=1S/C26H22F2N6O4S/c1-13-7-15-9-21(32-20(15)10-19(13)33-39(3,36)37)24(35)16-11-31-34(26(16)29)22-12-30-23(8-14(22)2)38-25-17(27)5-4-6-18(25)28/h4-12,32-33H,29H2,1-3H3. The third kappa shape index (κ3) is 5.03. The van der Waals surface area contributed by atoms with Crippen LogP contribution in [0.2, 0.25) is 0 Å². The lowest BCUT2D eigenvalue weighted by Crippen LogP contribution is -2.10. The fourth-order valence-corrected chi connectivity index (χ4v) is 4.70. The molecule has 5 rings (SSSR count). The fraction of sp³-hybridized carbons (Fsp3) is 0.115. The van der Waals surface area contributed by atoms with Gasteiger partial charge in [0.1, 0.15) is 5.82 Å². The number of aryl methyl sites for hydroxylation is 2. The first kappa shape index (κ1) is 25.9. The largest absolute Gasteiger partial charge is 0.433 e. The predicted octanol–water partition coefficient (Wildman–Crippen LogP) is 4.62. The van der Waals surface area contributed by atoms with Crippen LogP contribution in [0.5, 0.6) is 11.6 Å². The Morgan fingerprint density at radius 1 is 1.08 bits per heavy atom. The molecule has 0 fully saturated rings. The van der Waals surface area contributed by atoms with Crippen LogP contribution in [-0.4, -0.2) is 40.2 Å². The molecule has 3 aromatic heterocycles. The van der Waals surface area contributed by atoms with Gasteiger partial charge >= 0.3 is 0 Å². The Kier molecular flexibility index (Phi) is 6.30. The number of para-hydroxylation sites is 1. The third-order valence-electron chi connectivity index (χ3n) is 5.97. The molecular formula is C26H22F2N6O4S. The van der Waals surface area contributed by atoms with Crippen molar-refractivity contribution < 1.29 is 26.7 Å². The minimum atomic E-state index is -3.48. The summed E-state index contributed by atoms with van der Waals surface area (Å²) in [5, 5.41) is 4.95. The van der Waals surface area contributed by atoms with Crippen LogP contribution in [0.15, 0.2) is 54.9 Å². The van der Waals surface area contributed by atoms with Gasteiger partial charge in [0.25, 0.3) is 0 Å². The number of benzene rings is 2. The van der Waals surface area contributed by atoms with Crippen molar-refractivity contribution in [2.45, 2.75) is 13.8 Å². The Morgan fingerprint density at radius 3 is 2.46 bits per heavy atom. The molecule has 0 unspecified atom stereocenters. The molecule has 0 bridgehead atoms. The molecule has 0 aliphatic heterocycles. The SMILES string of the molecule is Cc1cc2cc(C(=O)c3cnn(-c4cnc(Oc5c(F)cccc5F)cc4C)c3N)[nH]c2cc1NS(C)(=O)=O. The number of ketones is 1. The maximum absolute atomic E-state index is 13.9. The number of carbonyl (C=O) groups is 1. The van der Waals surface area contributed by atoms with Crippen molar-refractivity contribution in [3.63, 3.8) is 0 Å². The summed E-state index contributed by atoms with van der Waals surface area (Å²) in [6.45, 7) is 3.45. The van der Waals surface area contributed by atoms with E-state index < -0.39 is 33.2 Å². The highest BCUT2D eigenvalue weighted by Crippen LogP contribution is 2.30. The molecule has 0 saturated carbocycles. The number of nitrogens with zero attached hydrogens (tertiary/aromatic N) is 3. The van der Waals surface area contributed by atoms with Crippen LogP contribution in [0.3, 0.4) is 0 Å². The van der Waals surface area contributed by atoms with Crippen molar-refractivity contribution in [3.05, 3.63) is 88.9 Å². The van der Waals surface area contributed by atoms with Gasteiger partial charge in [0.2, 0.25) is 27.4 Å². The Bertz CT molecular complexity index is 1860. The normalized spacial score (nSPS) is 11.6. The van der Waals surface area contributed by atoms with Crippen LogP contribution in [0.4, 0.5) is 20.3 Å². The molecule has 5 aromatic rings. The Morgan fingerprint density at radius 2 is 1.79 bits per heavy atom. The van der Waals surface area contributed by atoms with Gasteiger partial charge in [-0.2, -0.15) is 5.10 Å². The molecule has 0 atom stereocenters. The van der Waals surface area contributed by atoms with Crippen molar-refractivity contribution in [2.75, 3.05) is 16.7 Å². The number of sulfonamides is 1. The topological polar surface area (TPSA) is 145 Å². The van der Waals surface area contributed by atoms with Gasteiger partial charge in [0.15, 0.2) is 11.6 Å². The van der Waals surface area contributed by atoms with Crippen molar-refractivity contribution in [1.29, 1.82) is 0 Å². The summed E-state index contributed by atoms with van der Waals surface area (Å²) in [6.07, 6.45) is 3.74. The van der Waals surface area contributed by atoms with Gasteiger partial charge < -0.3 is 15.5 Å². The highest BCUT2D eigenvalue weighted by Gasteiger charge is 2.21. The number of ether oxygens (including phenoxy) is 1. The van der Waals surface area contributed by atoms with Gasteiger partial charge in [0, 0.05) is 17.0 Å².